The molecule has 0 saturated carbocycles. The lowest BCUT2D eigenvalue weighted by Gasteiger charge is -2.16. The number of rotatable bonds is 13. The molecule has 0 aromatic rings. The van der Waals surface area contributed by atoms with Gasteiger partial charge in [0.1, 0.15) is 6.29 Å². The number of carbonyl (C=O) groups excluding carboxylic acids is 4. The fourth-order valence-electron chi connectivity index (χ4n) is 1.88. The van der Waals surface area contributed by atoms with E-state index in [1.165, 1.54) is 0 Å². The maximum absolute atomic E-state index is 11.9. The first kappa shape index (κ1) is 24.0. The molecule has 3 amide bonds. The largest absolute Gasteiger partial charge is 0.355 e. The standard InChI is InChI=1S/C16H32N6O4/c1-10(14(24)22-8-12(17)9-23)4-6-21-16(26)13(18)5-7-20-15(25)11(2)19-3/h9-13,19H,4-8,17-18H2,1-3H3,(H,20,25)(H,21,26)(H,22,24). The second-order valence-electron chi connectivity index (χ2n) is 6.22. The molecular formula is C16H32N6O4. The molecule has 0 saturated heterocycles. The molecule has 0 bridgehead atoms. The van der Waals surface area contributed by atoms with Gasteiger partial charge in [-0.15, -0.1) is 0 Å². The molecule has 4 unspecified atom stereocenters. The minimum absolute atomic E-state index is 0.0851. The Bertz CT molecular complexity index is 474. The molecule has 0 heterocycles. The number of likely N-dealkylation sites (N-methyl/N-ethyl adjacent to an activating group) is 1. The van der Waals surface area contributed by atoms with E-state index in [-0.39, 0.29) is 36.2 Å². The van der Waals surface area contributed by atoms with E-state index < -0.39 is 12.1 Å². The lowest BCUT2D eigenvalue weighted by molar-refractivity contribution is -0.126. The van der Waals surface area contributed by atoms with E-state index in [9.17, 15) is 19.2 Å². The summed E-state index contributed by atoms with van der Waals surface area (Å²) in [6.07, 6.45) is 1.30. The highest BCUT2D eigenvalue weighted by Gasteiger charge is 2.17. The molecule has 0 aromatic heterocycles. The summed E-state index contributed by atoms with van der Waals surface area (Å²) in [5.41, 5.74) is 11.2. The van der Waals surface area contributed by atoms with Crippen molar-refractivity contribution in [2.75, 3.05) is 26.7 Å². The second kappa shape index (κ2) is 13.2. The lowest BCUT2D eigenvalue weighted by atomic mass is 10.1. The Labute approximate surface area is 154 Å². The molecule has 10 nitrogen and oxygen atoms in total. The van der Waals surface area contributed by atoms with Gasteiger partial charge in [0.2, 0.25) is 17.7 Å². The highest BCUT2D eigenvalue weighted by Crippen LogP contribution is 2.00. The van der Waals surface area contributed by atoms with Crippen LogP contribution in [0.4, 0.5) is 0 Å². The summed E-state index contributed by atoms with van der Waals surface area (Å²) in [4.78, 5) is 45.7. The quantitative estimate of drug-likeness (QED) is 0.190. The molecular weight excluding hydrogens is 340 g/mol. The molecule has 0 aliphatic heterocycles. The average Bonchev–Trinajstić information content (AvgIpc) is 2.64. The van der Waals surface area contributed by atoms with Gasteiger partial charge in [-0.3, -0.25) is 14.4 Å². The molecule has 10 heteroatoms. The van der Waals surface area contributed by atoms with Gasteiger partial charge in [0.05, 0.1) is 18.1 Å². The lowest BCUT2D eigenvalue weighted by Crippen LogP contribution is -2.45. The summed E-state index contributed by atoms with van der Waals surface area (Å²) in [6.45, 7) is 4.12. The average molecular weight is 372 g/mol. The number of hydrogen-bond acceptors (Lipinski definition) is 7. The van der Waals surface area contributed by atoms with Gasteiger partial charge in [0.25, 0.3) is 0 Å². The molecule has 0 aliphatic rings. The zero-order valence-corrected chi connectivity index (χ0v) is 15.7. The Kier molecular flexibility index (Phi) is 12.2. The van der Waals surface area contributed by atoms with Gasteiger partial charge in [-0.05, 0) is 26.8 Å². The topological polar surface area (TPSA) is 168 Å². The van der Waals surface area contributed by atoms with Gasteiger partial charge < -0.3 is 37.5 Å². The molecule has 0 fully saturated rings. The number of carbonyl (C=O) groups is 4. The van der Waals surface area contributed by atoms with Gasteiger partial charge in [0.15, 0.2) is 0 Å². The summed E-state index contributed by atoms with van der Waals surface area (Å²) in [5.74, 6) is -1.07. The Balaban J connectivity index is 3.97. The number of nitrogens with two attached hydrogens (primary N) is 2. The third kappa shape index (κ3) is 10.1. The Hall–Kier alpha value is -2.04. The predicted molar refractivity (Wildman–Crippen MR) is 98.0 cm³/mol. The van der Waals surface area contributed by atoms with E-state index in [4.69, 9.17) is 11.5 Å². The summed E-state index contributed by atoms with van der Waals surface area (Å²) in [7, 11) is 1.68. The van der Waals surface area contributed by atoms with E-state index in [0.29, 0.717) is 32.2 Å². The molecule has 0 radical (unpaired) electrons. The highest BCUT2D eigenvalue weighted by molar-refractivity contribution is 5.83. The first-order valence-electron chi connectivity index (χ1n) is 8.69. The predicted octanol–water partition coefficient (Wildman–Crippen LogP) is -2.79. The van der Waals surface area contributed by atoms with Crippen molar-refractivity contribution < 1.29 is 19.2 Å². The SMILES string of the molecule is CNC(C)C(=O)NCCC(N)C(=O)NCCC(C)C(=O)NCC(N)C=O. The zero-order chi connectivity index (χ0) is 20.1. The van der Waals surface area contributed by atoms with Crippen LogP contribution in [0.25, 0.3) is 0 Å². The van der Waals surface area contributed by atoms with Gasteiger partial charge in [-0.1, -0.05) is 6.92 Å². The van der Waals surface area contributed by atoms with Crippen molar-refractivity contribution in [3.63, 3.8) is 0 Å². The Morgan fingerprint density at radius 2 is 1.50 bits per heavy atom. The van der Waals surface area contributed by atoms with Crippen molar-refractivity contribution in [3.05, 3.63) is 0 Å². The van der Waals surface area contributed by atoms with Crippen LogP contribution in [0.3, 0.4) is 0 Å². The molecule has 0 rings (SSSR count). The Morgan fingerprint density at radius 1 is 0.923 bits per heavy atom. The number of nitrogens with one attached hydrogen (secondary N) is 4. The third-order valence-corrected chi connectivity index (χ3v) is 3.93. The maximum Gasteiger partial charge on any atom is 0.236 e. The molecule has 0 spiro atoms. The number of aldehydes is 1. The van der Waals surface area contributed by atoms with E-state index in [1.54, 1.807) is 20.9 Å². The first-order valence-corrected chi connectivity index (χ1v) is 8.69. The fourth-order valence-corrected chi connectivity index (χ4v) is 1.88. The molecule has 150 valence electrons. The molecule has 26 heavy (non-hydrogen) atoms. The van der Waals surface area contributed by atoms with Crippen LogP contribution in [0.15, 0.2) is 0 Å². The highest BCUT2D eigenvalue weighted by atomic mass is 16.2. The van der Waals surface area contributed by atoms with Crippen molar-refractivity contribution in [1.29, 1.82) is 0 Å². The van der Waals surface area contributed by atoms with Crippen molar-refractivity contribution in [2.24, 2.45) is 17.4 Å². The van der Waals surface area contributed by atoms with Crippen molar-refractivity contribution >= 4 is 24.0 Å². The van der Waals surface area contributed by atoms with Gasteiger partial charge in [-0.2, -0.15) is 0 Å². The van der Waals surface area contributed by atoms with E-state index in [1.807, 2.05) is 0 Å². The third-order valence-electron chi connectivity index (χ3n) is 3.93. The van der Waals surface area contributed by atoms with E-state index in [2.05, 4.69) is 21.3 Å². The van der Waals surface area contributed by atoms with Crippen LogP contribution in [0.2, 0.25) is 0 Å². The first-order chi connectivity index (χ1) is 12.2. The van der Waals surface area contributed by atoms with Gasteiger partial charge in [0, 0.05) is 25.6 Å². The molecule has 4 atom stereocenters. The van der Waals surface area contributed by atoms with Crippen LogP contribution in [-0.4, -0.2) is 68.8 Å². The maximum atomic E-state index is 11.9. The monoisotopic (exact) mass is 372 g/mol. The summed E-state index contributed by atoms with van der Waals surface area (Å²) >= 11 is 0. The smallest absolute Gasteiger partial charge is 0.236 e. The summed E-state index contributed by atoms with van der Waals surface area (Å²) in [5, 5.41) is 10.7. The molecule has 8 N–H and O–H groups in total. The van der Waals surface area contributed by atoms with Crippen LogP contribution < -0.4 is 32.7 Å². The van der Waals surface area contributed by atoms with Crippen molar-refractivity contribution in [2.45, 2.75) is 44.8 Å². The molecule has 0 aromatic carbocycles. The van der Waals surface area contributed by atoms with Crippen molar-refractivity contribution in [3.8, 4) is 0 Å². The van der Waals surface area contributed by atoms with E-state index in [0.717, 1.165) is 0 Å². The minimum atomic E-state index is -0.741. The Morgan fingerprint density at radius 3 is 2.08 bits per heavy atom. The minimum Gasteiger partial charge on any atom is -0.355 e. The molecule has 0 aliphatic carbocycles. The van der Waals surface area contributed by atoms with Crippen molar-refractivity contribution in [1.82, 2.24) is 21.3 Å². The van der Waals surface area contributed by atoms with Crippen LogP contribution >= 0.6 is 0 Å². The summed E-state index contributed by atoms with van der Waals surface area (Å²) in [6, 6.07) is -1.77. The second-order valence-corrected chi connectivity index (χ2v) is 6.22. The normalized spacial score (nSPS) is 15.3. The fraction of sp³-hybridized carbons (Fsp3) is 0.750. The van der Waals surface area contributed by atoms with E-state index >= 15 is 0 Å². The zero-order valence-electron chi connectivity index (χ0n) is 15.7. The van der Waals surface area contributed by atoms with Gasteiger partial charge in [-0.25, -0.2) is 0 Å². The number of amides is 3. The van der Waals surface area contributed by atoms with Crippen LogP contribution in [0.5, 0.6) is 0 Å². The van der Waals surface area contributed by atoms with Crippen LogP contribution in [0, 0.1) is 5.92 Å². The van der Waals surface area contributed by atoms with Crippen LogP contribution in [-0.2, 0) is 19.2 Å². The summed E-state index contributed by atoms with van der Waals surface area (Å²) < 4.78 is 0. The van der Waals surface area contributed by atoms with Crippen LogP contribution in [0.1, 0.15) is 26.7 Å². The van der Waals surface area contributed by atoms with Gasteiger partial charge >= 0.3 is 0 Å². The number of hydrogen-bond donors (Lipinski definition) is 6.